The molecule has 1 saturated carbocycles. The third-order valence-electron chi connectivity index (χ3n) is 5.00. The number of hydrogen-bond donors (Lipinski definition) is 2. The monoisotopic (exact) mass is 348 g/mol. The molecule has 1 aromatic rings. The highest BCUT2D eigenvalue weighted by atomic mass is 16.5. The first kappa shape index (κ1) is 17.7. The van der Waals surface area contributed by atoms with E-state index in [2.05, 4.69) is 25.8 Å². The van der Waals surface area contributed by atoms with Crippen LogP contribution in [0.3, 0.4) is 0 Å². The van der Waals surface area contributed by atoms with Gasteiger partial charge in [0, 0.05) is 39.0 Å². The maximum atomic E-state index is 12.6. The lowest BCUT2D eigenvalue weighted by Crippen LogP contribution is -2.45. The Hall–Kier alpha value is -2.12. The molecule has 1 aromatic heterocycles. The van der Waals surface area contributed by atoms with Crippen LogP contribution >= 0.6 is 0 Å². The number of carbonyl (C=O) groups is 1. The Balaban J connectivity index is 1.45. The van der Waals surface area contributed by atoms with Crippen LogP contribution in [0.1, 0.15) is 50.2 Å². The Kier molecular flexibility index (Phi) is 5.88. The average molecular weight is 348 g/mol. The molecule has 3 rings (SSSR count). The van der Waals surface area contributed by atoms with E-state index < -0.39 is 0 Å². The van der Waals surface area contributed by atoms with Gasteiger partial charge in [-0.3, -0.25) is 9.79 Å². The molecule has 2 fully saturated rings. The van der Waals surface area contributed by atoms with Crippen LogP contribution in [-0.4, -0.2) is 53.1 Å². The minimum Gasteiger partial charge on any atom is -0.352 e. The van der Waals surface area contributed by atoms with E-state index in [4.69, 9.17) is 4.52 Å². The molecule has 2 N–H and O–H groups in total. The van der Waals surface area contributed by atoms with Crippen molar-refractivity contribution in [2.45, 2.75) is 58.0 Å². The van der Waals surface area contributed by atoms with Crippen molar-refractivity contribution in [2.75, 3.05) is 20.1 Å². The zero-order chi connectivity index (χ0) is 17.6. The molecule has 1 aliphatic carbocycles. The summed E-state index contributed by atoms with van der Waals surface area (Å²) in [5, 5.41) is 10.4. The molecule has 1 atom stereocenters. The number of nitrogens with zero attached hydrogens (tertiary/aromatic N) is 4. The highest BCUT2D eigenvalue weighted by Gasteiger charge is 2.31. The number of aliphatic imine (C=N–C) groups is 1. The molecule has 2 aliphatic rings. The molecular weight excluding hydrogens is 320 g/mol. The number of amides is 1. The topological polar surface area (TPSA) is 95.7 Å². The quantitative estimate of drug-likeness (QED) is 0.627. The third-order valence-corrected chi connectivity index (χ3v) is 5.00. The largest absolute Gasteiger partial charge is 0.352 e. The number of hydrogen-bond acceptors (Lipinski definition) is 5. The summed E-state index contributed by atoms with van der Waals surface area (Å²) in [7, 11) is 1.73. The van der Waals surface area contributed by atoms with Crippen LogP contribution in [0.15, 0.2) is 9.52 Å². The number of guanidine groups is 1. The Labute approximate surface area is 148 Å². The van der Waals surface area contributed by atoms with E-state index in [0.29, 0.717) is 30.1 Å². The number of rotatable bonds is 4. The van der Waals surface area contributed by atoms with Gasteiger partial charge in [0.05, 0.1) is 6.54 Å². The van der Waals surface area contributed by atoms with Gasteiger partial charge >= 0.3 is 0 Å². The highest BCUT2D eigenvalue weighted by molar-refractivity contribution is 5.81. The van der Waals surface area contributed by atoms with Crippen molar-refractivity contribution in [1.82, 2.24) is 25.7 Å². The lowest BCUT2D eigenvalue weighted by molar-refractivity contribution is -0.135. The number of likely N-dealkylation sites (tertiary alicyclic amines) is 1. The number of carbonyl (C=O) groups excluding carboxylic acids is 1. The SMILES string of the molecule is CN=C(NCc1noc(C)n1)NC1CCN(C(=O)C2CCCCC2)C1. The first-order chi connectivity index (χ1) is 12.2. The van der Waals surface area contributed by atoms with Crippen molar-refractivity contribution in [3.05, 3.63) is 11.7 Å². The summed E-state index contributed by atoms with van der Waals surface area (Å²) >= 11 is 0. The van der Waals surface area contributed by atoms with Crippen molar-refractivity contribution in [3.63, 3.8) is 0 Å². The van der Waals surface area contributed by atoms with Gasteiger partial charge in [-0.25, -0.2) is 0 Å². The van der Waals surface area contributed by atoms with Gasteiger partial charge in [0.25, 0.3) is 0 Å². The molecular formula is C17H28N6O2. The second-order valence-electron chi connectivity index (χ2n) is 6.90. The van der Waals surface area contributed by atoms with Crippen LogP contribution in [0, 0.1) is 12.8 Å². The molecule has 25 heavy (non-hydrogen) atoms. The second-order valence-corrected chi connectivity index (χ2v) is 6.90. The van der Waals surface area contributed by atoms with Gasteiger partial charge in [0.2, 0.25) is 11.8 Å². The van der Waals surface area contributed by atoms with E-state index in [0.717, 1.165) is 32.4 Å². The molecule has 0 radical (unpaired) electrons. The second kappa shape index (κ2) is 8.31. The Bertz CT molecular complexity index is 608. The first-order valence-corrected chi connectivity index (χ1v) is 9.21. The van der Waals surface area contributed by atoms with Crippen LogP contribution in [-0.2, 0) is 11.3 Å². The van der Waals surface area contributed by atoms with Crippen LogP contribution < -0.4 is 10.6 Å². The highest BCUT2D eigenvalue weighted by Crippen LogP contribution is 2.26. The predicted octanol–water partition coefficient (Wildman–Crippen LogP) is 1.22. The van der Waals surface area contributed by atoms with Crippen molar-refractivity contribution in [3.8, 4) is 0 Å². The zero-order valence-corrected chi connectivity index (χ0v) is 15.1. The van der Waals surface area contributed by atoms with Crippen LogP contribution in [0.5, 0.6) is 0 Å². The molecule has 138 valence electrons. The molecule has 1 amide bonds. The van der Waals surface area contributed by atoms with Crippen LogP contribution in [0.25, 0.3) is 0 Å². The molecule has 0 aromatic carbocycles. The van der Waals surface area contributed by atoms with Gasteiger partial charge in [0.15, 0.2) is 11.8 Å². The van der Waals surface area contributed by atoms with Crippen molar-refractivity contribution < 1.29 is 9.32 Å². The molecule has 2 heterocycles. The zero-order valence-electron chi connectivity index (χ0n) is 15.1. The summed E-state index contributed by atoms with van der Waals surface area (Å²) in [6.45, 7) is 3.79. The van der Waals surface area contributed by atoms with E-state index in [1.807, 2.05) is 4.90 Å². The van der Waals surface area contributed by atoms with Crippen molar-refractivity contribution >= 4 is 11.9 Å². The van der Waals surface area contributed by atoms with Gasteiger partial charge in [-0.05, 0) is 19.3 Å². The fraction of sp³-hybridized carbons (Fsp3) is 0.765. The standard InChI is InChI=1S/C17H28N6O2/c1-12-20-15(22-25-12)10-19-17(18-2)21-14-8-9-23(11-14)16(24)13-6-4-3-5-7-13/h13-14H,3-11H2,1-2H3,(H2,18,19,21). The summed E-state index contributed by atoms with van der Waals surface area (Å²) in [4.78, 5) is 23.1. The van der Waals surface area contributed by atoms with E-state index in [1.165, 1.54) is 19.3 Å². The van der Waals surface area contributed by atoms with Gasteiger partial charge in [-0.2, -0.15) is 4.98 Å². The van der Waals surface area contributed by atoms with Gasteiger partial charge in [-0.15, -0.1) is 0 Å². The third kappa shape index (κ3) is 4.70. The maximum Gasteiger partial charge on any atom is 0.225 e. The summed E-state index contributed by atoms with van der Waals surface area (Å²) in [6, 6.07) is 0.228. The summed E-state index contributed by atoms with van der Waals surface area (Å²) in [6.07, 6.45) is 6.72. The smallest absolute Gasteiger partial charge is 0.225 e. The van der Waals surface area contributed by atoms with Gasteiger partial charge < -0.3 is 20.1 Å². The van der Waals surface area contributed by atoms with E-state index in [1.54, 1.807) is 14.0 Å². The first-order valence-electron chi connectivity index (χ1n) is 9.21. The van der Waals surface area contributed by atoms with Crippen LogP contribution in [0.4, 0.5) is 0 Å². The maximum absolute atomic E-state index is 12.6. The molecule has 0 spiro atoms. The Morgan fingerprint density at radius 1 is 1.32 bits per heavy atom. The fourth-order valence-electron chi connectivity index (χ4n) is 3.65. The minimum absolute atomic E-state index is 0.228. The number of aryl methyl sites for hydroxylation is 1. The van der Waals surface area contributed by atoms with Crippen LogP contribution in [0.2, 0.25) is 0 Å². The molecule has 1 aliphatic heterocycles. The lowest BCUT2D eigenvalue weighted by atomic mass is 9.88. The number of nitrogens with one attached hydrogen (secondary N) is 2. The molecule has 1 unspecified atom stereocenters. The van der Waals surface area contributed by atoms with Gasteiger partial charge in [0.1, 0.15) is 0 Å². The molecule has 8 nitrogen and oxygen atoms in total. The lowest BCUT2D eigenvalue weighted by Gasteiger charge is -2.26. The van der Waals surface area contributed by atoms with Crippen molar-refractivity contribution in [1.29, 1.82) is 0 Å². The summed E-state index contributed by atoms with van der Waals surface area (Å²) in [5.41, 5.74) is 0. The van der Waals surface area contributed by atoms with E-state index >= 15 is 0 Å². The fourth-order valence-corrected chi connectivity index (χ4v) is 3.65. The molecule has 0 bridgehead atoms. The van der Waals surface area contributed by atoms with Gasteiger partial charge in [-0.1, -0.05) is 24.4 Å². The Morgan fingerprint density at radius 3 is 2.80 bits per heavy atom. The van der Waals surface area contributed by atoms with Crippen molar-refractivity contribution in [2.24, 2.45) is 10.9 Å². The van der Waals surface area contributed by atoms with E-state index in [9.17, 15) is 4.79 Å². The van der Waals surface area contributed by atoms with E-state index in [-0.39, 0.29) is 12.0 Å². The normalized spacial score (nSPS) is 22.2. The Morgan fingerprint density at radius 2 is 2.12 bits per heavy atom. The minimum atomic E-state index is 0.228. The summed E-state index contributed by atoms with van der Waals surface area (Å²) < 4.78 is 4.96. The molecule has 1 saturated heterocycles. The average Bonchev–Trinajstić information content (AvgIpc) is 3.27. The predicted molar refractivity (Wildman–Crippen MR) is 93.9 cm³/mol. The summed E-state index contributed by atoms with van der Waals surface area (Å²) in [5.74, 6) is 2.42. The molecule has 8 heteroatoms. The number of aromatic nitrogens is 2.